The molecule has 0 aliphatic rings. The van der Waals surface area contributed by atoms with Crippen molar-refractivity contribution >= 4 is 0 Å². The Morgan fingerprint density at radius 1 is 1.32 bits per heavy atom. The van der Waals surface area contributed by atoms with E-state index >= 15 is 0 Å². The smallest absolute Gasteiger partial charge is 0.0697 e. The van der Waals surface area contributed by atoms with Crippen LogP contribution in [0, 0.1) is 13.8 Å². The van der Waals surface area contributed by atoms with Gasteiger partial charge in [0.15, 0.2) is 0 Å². The first-order valence-electron chi connectivity index (χ1n) is 6.52. The maximum absolute atomic E-state index is 5.03. The molecule has 2 rings (SSSR count). The molecule has 1 aromatic carbocycles. The zero-order valence-corrected chi connectivity index (χ0v) is 11.8. The molecule has 2 N–H and O–H groups in total. The zero-order valence-electron chi connectivity index (χ0n) is 11.8. The van der Waals surface area contributed by atoms with E-state index in [4.69, 9.17) is 4.74 Å². The highest BCUT2D eigenvalue weighted by Crippen LogP contribution is 2.26. The first-order chi connectivity index (χ1) is 9.24. The Labute approximate surface area is 114 Å². The van der Waals surface area contributed by atoms with Gasteiger partial charge in [0.1, 0.15) is 0 Å². The van der Waals surface area contributed by atoms with E-state index < -0.39 is 0 Å². The number of hydrogen-bond acceptors (Lipinski definition) is 3. The van der Waals surface area contributed by atoms with Crippen molar-refractivity contribution in [3.8, 4) is 11.3 Å². The summed E-state index contributed by atoms with van der Waals surface area (Å²) in [5.74, 6) is 0. The minimum absolute atomic E-state index is 0.719. The lowest BCUT2D eigenvalue weighted by molar-refractivity contribution is 0.199. The quantitative estimate of drug-likeness (QED) is 0.783. The number of nitrogens with one attached hydrogen (secondary N) is 2. The van der Waals surface area contributed by atoms with Crippen LogP contribution in [-0.4, -0.2) is 30.5 Å². The highest BCUT2D eigenvalue weighted by Gasteiger charge is 2.10. The van der Waals surface area contributed by atoms with Crippen molar-refractivity contribution in [2.45, 2.75) is 20.4 Å². The van der Waals surface area contributed by atoms with Gasteiger partial charge in [-0.25, -0.2) is 0 Å². The molecule has 0 spiro atoms. The fourth-order valence-corrected chi connectivity index (χ4v) is 2.10. The molecular formula is C15H21N3O. The van der Waals surface area contributed by atoms with Crippen LogP contribution in [0.5, 0.6) is 0 Å². The van der Waals surface area contributed by atoms with E-state index in [1.807, 2.05) is 6.20 Å². The molecule has 2 aromatic rings. The van der Waals surface area contributed by atoms with E-state index in [0.29, 0.717) is 0 Å². The topological polar surface area (TPSA) is 49.9 Å². The van der Waals surface area contributed by atoms with Crippen LogP contribution < -0.4 is 5.32 Å². The van der Waals surface area contributed by atoms with E-state index in [2.05, 4.69) is 47.6 Å². The normalized spacial score (nSPS) is 10.9. The summed E-state index contributed by atoms with van der Waals surface area (Å²) in [7, 11) is 1.71. The Bertz CT molecular complexity index is 534. The molecule has 0 fully saturated rings. The molecular weight excluding hydrogens is 238 g/mol. The van der Waals surface area contributed by atoms with E-state index in [1.54, 1.807) is 7.11 Å². The molecule has 0 saturated carbocycles. The van der Waals surface area contributed by atoms with Gasteiger partial charge in [-0.2, -0.15) is 5.10 Å². The van der Waals surface area contributed by atoms with Crippen LogP contribution in [0.4, 0.5) is 0 Å². The van der Waals surface area contributed by atoms with Crippen molar-refractivity contribution in [3.05, 3.63) is 41.1 Å². The Balaban J connectivity index is 2.17. The van der Waals surface area contributed by atoms with Crippen LogP contribution in [0.25, 0.3) is 11.3 Å². The standard InChI is InChI=1S/C15H21N3O/c1-11-5-4-6-14(12(11)2)15-13(10-17-18-15)9-16-7-8-19-3/h4-6,10,16H,7-9H2,1-3H3,(H,17,18). The van der Waals surface area contributed by atoms with Gasteiger partial charge in [0, 0.05) is 31.3 Å². The Morgan fingerprint density at radius 2 is 2.16 bits per heavy atom. The number of hydrogen-bond donors (Lipinski definition) is 2. The molecule has 0 bridgehead atoms. The van der Waals surface area contributed by atoms with Crippen molar-refractivity contribution < 1.29 is 4.74 Å². The van der Waals surface area contributed by atoms with Crippen molar-refractivity contribution in [2.24, 2.45) is 0 Å². The molecule has 1 heterocycles. The van der Waals surface area contributed by atoms with Gasteiger partial charge in [-0.1, -0.05) is 18.2 Å². The molecule has 4 heteroatoms. The highest BCUT2D eigenvalue weighted by atomic mass is 16.5. The molecule has 102 valence electrons. The summed E-state index contributed by atoms with van der Waals surface area (Å²) in [4.78, 5) is 0. The third-order valence-corrected chi connectivity index (χ3v) is 3.39. The van der Waals surface area contributed by atoms with Gasteiger partial charge in [-0.05, 0) is 25.0 Å². The molecule has 0 amide bonds. The summed E-state index contributed by atoms with van der Waals surface area (Å²) in [6.07, 6.45) is 1.89. The summed E-state index contributed by atoms with van der Waals surface area (Å²) < 4.78 is 5.03. The number of benzene rings is 1. The lowest BCUT2D eigenvalue weighted by atomic mass is 9.99. The van der Waals surface area contributed by atoms with Crippen LogP contribution in [0.2, 0.25) is 0 Å². The fraction of sp³-hybridized carbons (Fsp3) is 0.400. The van der Waals surface area contributed by atoms with Crippen molar-refractivity contribution in [1.82, 2.24) is 15.5 Å². The number of nitrogens with zero attached hydrogens (tertiary/aromatic N) is 1. The average Bonchev–Trinajstić information content (AvgIpc) is 2.86. The van der Waals surface area contributed by atoms with Crippen molar-refractivity contribution in [1.29, 1.82) is 0 Å². The fourth-order valence-electron chi connectivity index (χ4n) is 2.10. The molecule has 0 aliphatic carbocycles. The van der Waals surface area contributed by atoms with E-state index in [1.165, 1.54) is 22.3 Å². The minimum atomic E-state index is 0.719. The molecule has 0 aliphatic heterocycles. The molecule has 0 saturated heterocycles. The minimum Gasteiger partial charge on any atom is -0.383 e. The molecule has 0 radical (unpaired) electrons. The second-order valence-electron chi connectivity index (χ2n) is 4.69. The molecule has 19 heavy (non-hydrogen) atoms. The number of methoxy groups -OCH3 is 1. The summed E-state index contributed by atoms with van der Waals surface area (Å²) in [6, 6.07) is 6.35. The zero-order chi connectivity index (χ0) is 13.7. The third kappa shape index (κ3) is 3.22. The maximum Gasteiger partial charge on any atom is 0.0697 e. The first kappa shape index (κ1) is 13.8. The SMILES string of the molecule is COCCNCc1cn[nH]c1-c1cccc(C)c1C. The Morgan fingerprint density at radius 3 is 2.95 bits per heavy atom. The van der Waals surface area contributed by atoms with Crippen molar-refractivity contribution in [3.63, 3.8) is 0 Å². The second-order valence-corrected chi connectivity index (χ2v) is 4.69. The summed E-state index contributed by atoms with van der Waals surface area (Å²) >= 11 is 0. The summed E-state index contributed by atoms with van der Waals surface area (Å²) in [5, 5.41) is 10.6. The second kappa shape index (κ2) is 6.50. The maximum atomic E-state index is 5.03. The lowest BCUT2D eigenvalue weighted by Gasteiger charge is -2.09. The van der Waals surface area contributed by atoms with Crippen molar-refractivity contribution in [2.75, 3.05) is 20.3 Å². The van der Waals surface area contributed by atoms with Gasteiger partial charge in [0.05, 0.1) is 18.5 Å². The third-order valence-electron chi connectivity index (χ3n) is 3.39. The molecule has 1 aromatic heterocycles. The number of aromatic amines is 1. The molecule has 4 nitrogen and oxygen atoms in total. The van der Waals surface area contributed by atoms with Gasteiger partial charge in [-0.15, -0.1) is 0 Å². The number of aromatic nitrogens is 2. The number of aryl methyl sites for hydroxylation is 1. The average molecular weight is 259 g/mol. The van der Waals surface area contributed by atoms with Crippen LogP contribution >= 0.6 is 0 Å². The van der Waals surface area contributed by atoms with Crippen LogP contribution in [-0.2, 0) is 11.3 Å². The predicted molar refractivity (Wildman–Crippen MR) is 77.1 cm³/mol. The van der Waals surface area contributed by atoms with E-state index in [0.717, 1.165) is 25.4 Å². The van der Waals surface area contributed by atoms with Crippen LogP contribution in [0.3, 0.4) is 0 Å². The van der Waals surface area contributed by atoms with Gasteiger partial charge in [-0.3, -0.25) is 5.10 Å². The van der Waals surface area contributed by atoms with Gasteiger partial charge in [0.2, 0.25) is 0 Å². The van der Waals surface area contributed by atoms with E-state index in [9.17, 15) is 0 Å². The Kier molecular flexibility index (Phi) is 4.71. The van der Waals surface area contributed by atoms with Gasteiger partial charge in [0.25, 0.3) is 0 Å². The van der Waals surface area contributed by atoms with Crippen LogP contribution in [0.1, 0.15) is 16.7 Å². The predicted octanol–water partition coefficient (Wildman–Crippen LogP) is 2.43. The number of ether oxygens (including phenoxy) is 1. The molecule has 0 atom stereocenters. The van der Waals surface area contributed by atoms with Crippen LogP contribution in [0.15, 0.2) is 24.4 Å². The first-order valence-corrected chi connectivity index (χ1v) is 6.52. The number of rotatable bonds is 6. The van der Waals surface area contributed by atoms with Gasteiger partial charge >= 0.3 is 0 Å². The highest BCUT2D eigenvalue weighted by molar-refractivity contribution is 5.67. The lowest BCUT2D eigenvalue weighted by Crippen LogP contribution is -2.18. The largest absolute Gasteiger partial charge is 0.383 e. The Hall–Kier alpha value is -1.65. The van der Waals surface area contributed by atoms with Gasteiger partial charge < -0.3 is 10.1 Å². The van der Waals surface area contributed by atoms with E-state index in [-0.39, 0.29) is 0 Å². The summed E-state index contributed by atoms with van der Waals surface area (Å²) in [5.41, 5.74) is 6.10. The molecule has 0 unspecified atom stereocenters. The monoisotopic (exact) mass is 259 g/mol. The number of H-pyrrole nitrogens is 1. The summed E-state index contributed by atoms with van der Waals surface area (Å²) in [6.45, 7) is 6.63.